The molecule has 2 atom stereocenters. The molecule has 1 aromatic heterocycles. The third kappa shape index (κ3) is 6.30. The molecule has 2 unspecified atom stereocenters. The lowest BCUT2D eigenvalue weighted by molar-refractivity contribution is -0.190. The van der Waals surface area contributed by atoms with Crippen LogP contribution in [0, 0.1) is 0 Å². The van der Waals surface area contributed by atoms with Crippen LogP contribution in [0.4, 0.5) is 30.5 Å². The van der Waals surface area contributed by atoms with Crippen LogP contribution in [0.2, 0.25) is 0 Å². The maximum absolute atomic E-state index is 13.0. The molecule has 3 rings (SSSR count). The van der Waals surface area contributed by atoms with Crippen LogP contribution in [-0.2, 0) is 11.3 Å². The number of nitrogen functional groups attached to an aromatic ring is 1. The SMILES string of the molecule is COc1ccc(CNc2nc(OC(C)C(F)(F)F)nc(N3CCC(NC(C)=O)C3)c2N)cc1. The molecular formula is C21H27F3N6O3. The summed E-state index contributed by atoms with van der Waals surface area (Å²) < 4.78 is 49.2. The first-order valence-electron chi connectivity index (χ1n) is 10.4. The predicted octanol–water partition coefficient (Wildman–Crippen LogP) is 2.72. The number of rotatable bonds is 8. The molecule has 0 spiro atoms. The van der Waals surface area contributed by atoms with Crippen molar-refractivity contribution in [2.45, 2.75) is 45.1 Å². The Balaban J connectivity index is 1.85. The van der Waals surface area contributed by atoms with Crippen molar-refractivity contribution in [2.24, 2.45) is 0 Å². The molecule has 2 aromatic rings. The van der Waals surface area contributed by atoms with E-state index in [0.29, 0.717) is 31.8 Å². The quantitative estimate of drug-likeness (QED) is 0.542. The number of aromatic nitrogens is 2. The second-order valence-corrected chi connectivity index (χ2v) is 7.73. The van der Waals surface area contributed by atoms with Gasteiger partial charge in [0.15, 0.2) is 17.7 Å². The van der Waals surface area contributed by atoms with Crippen LogP contribution in [0.25, 0.3) is 0 Å². The first-order valence-corrected chi connectivity index (χ1v) is 10.4. The molecule has 33 heavy (non-hydrogen) atoms. The molecule has 1 aromatic carbocycles. The van der Waals surface area contributed by atoms with Crippen LogP contribution in [0.1, 0.15) is 25.8 Å². The van der Waals surface area contributed by atoms with Crippen LogP contribution in [0.15, 0.2) is 24.3 Å². The van der Waals surface area contributed by atoms with Crippen LogP contribution in [0.5, 0.6) is 11.8 Å². The van der Waals surface area contributed by atoms with Gasteiger partial charge in [-0.2, -0.15) is 23.1 Å². The Kier molecular flexibility index (Phi) is 7.34. The number of benzene rings is 1. The highest BCUT2D eigenvalue weighted by Crippen LogP contribution is 2.33. The van der Waals surface area contributed by atoms with Crippen molar-refractivity contribution in [1.29, 1.82) is 0 Å². The lowest BCUT2D eigenvalue weighted by Gasteiger charge is -2.23. The van der Waals surface area contributed by atoms with E-state index in [1.165, 1.54) is 6.92 Å². The molecule has 1 aliphatic heterocycles. The number of methoxy groups -OCH3 is 1. The summed E-state index contributed by atoms with van der Waals surface area (Å²) in [5.74, 6) is 0.937. The van der Waals surface area contributed by atoms with E-state index in [4.69, 9.17) is 15.2 Å². The summed E-state index contributed by atoms with van der Waals surface area (Å²) >= 11 is 0. The van der Waals surface area contributed by atoms with Gasteiger partial charge in [-0.05, 0) is 31.0 Å². The van der Waals surface area contributed by atoms with E-state index in [1.807, 2.05) is 12.1 Å². The van der Waals surface area contributed by atoms with Gasteiger partial charge in [-0.1, -0.05) is 12.1 Å². The second kappa shape index (κ2) is 10.0. The zero-order valence-electron chi connectivity index (χ0n) is 18.6. The fourth-order valence-corrected chi connectivity index (χ4v) is 3.38. The van der Waals surface area contributed by atoms with Gasteiger partial charge >= 0.3 is 12.2 Å². The van der Waals surface area contributed by atoms with E-state index in [9.17, 15) is 18.0 Å². The molecule has 9 nitrogen and oxygen atoms in total. The van der Waals surface area contributed by atoms with Gasteiger partial charge in [-0.15, -0.1) is 0 Å². The Morgan fingerprint density at radius 2 is 2.00 bits per heavy atom. The number of hydrogen-bond acceptors (Lipinski definition) is 8. The van der Waals surface area contributed by atoms with E-state index in [0.717, 1.165) is 12.5 Å². The maximum Gasteiger partial charge on any atom is 0.425 e. The van der Waals surface area contributed by atoms with Crippen molar-refractivity contribution in [3.05, 3.63) is 29.8 Å². The first kappa shape index (κ1) is 24.2. The summed E-state index contributed by atoms with van der Waals surface area (Å²) in [6.45, 7) is 3.54. The molecule has 180 valence electrons. The minimum atomic E-state index is -4.58. The van der Waals surface area contributed by atoms with Gasteiger partial charge in [0.05, 0.1) is 7.11 Å². The van der Waals surface area contributed by atoms with Gasteiger partial charge in [0.1, 0.15) is 11.4 Å². The lowest BCUT2D eigenvalue weighted by Crippen LogP contribution is -2.36. The maximum atomic E-state index is 13.0. The molecule has 4 N–H and O–H groups in total. The molecule has 1 amide bonds. The van der Waals surface area contributed by atoms with Crippen molar-refractivity contribution in [1.82, 2.24) is 15.3 Å². The normalized spacial score (nSPS) is 16.9. The molecule has 1 aliphatic rings. The number of alkyl halides is 3. The minimum absolute atomic E-state index is 0.119. The van der Waals surface area contributed by atoms with Gasteiger partial charge in [0.2, 0.25) is 5.91 Å². The Labute approximate surface area is 189 Å². The van der Waals surface area contributed by atoms with E-state index in [-0.39, 0.29) is 29.3 Å². The molecule has 0 radical (unpaired) electrons. The fraction of sp³-hybridized carbons (Fsp3) is 0.476. The average Bonchev–Trinajstić information content (AvgIpc) is 3.21. The molecule has 1 saturated heterocycles. The monoisotopic (exact) mass is 468 g/mol. The highest BCUT2D eigenvalue weighted by Gasteiger charge is 2.39. The number of nitrogens with two attached hydrogens (primary N) is 1. The molecular weight excluding hydrogens is 441 g/mol. The number of nitrogens with zero attached hydrogens (tertiary/aromatic N) is 3. The number of nitrogens with one attached hydrogen (secondary N) is 2. The van der Waals surface area contributed by atoms with Crippen molar-refractivity contribution < 1.29 is 27.4 Å². The molecule has 0 aliphatic carbocycles. The first-order chi connectivity index (χ1) is 15.6. The number of halogens is 3. The van der Waals surface area contributed by atoms with E-state index in [2.05, 4.69) is 20.6 Å². The van der Waals surface area contributed by atoms with Crippen LogP contribution < -0.4 is 30.7 Å². The lowest BCUT2D eigenvalue weighted by atomic mass is 10.2. The zero-order chi connectivity index (χ0) is 24.2. The average molecular weight is 468 g/mol. The number of anilines is 3. The van der Waals surface area contributed by atoms with Gasteiger partial charge in [0, 0.05) is 32.6 Å². The summed E-state index contributed by atoms with van der Waals surface area (Å²) in [5.41, 5.74) is 7.35. The Bertz CT molecular complexity index is 971. The number of carbonyl (C=O) groups excluding carboxylic acids is 1. The number of hydrogen-bond donors (Lipinski definition) is 3. The largest absolute Gasteiger partial charge is 0.497 e. The van der Waals surface area contributed by atoms with Crippen molar-refractivity contribution in [2.75, 3.05) is 36.1 Å². The highest BCUT2D eigenvalue weighted by atomic mass is 19.4. The smallest absolute Gasteiger partial charge is 0.425 e. The third-order valence-corrected chi connectivity index (χ3v) is 5.16. The van der Waals surface area contributed by atoms with Gasteiger partial charge in [0.25, 0.3) is 0 Å². The number of amides is 1. The topological polar surface area (TPSA) is 115 Å². The fourth-order valence-electron chi connectivity index (χ4n) is 3.38. The van der Waals surface area contributed by atoms with Gasteiger partial charge in [-0.3, -0.25) is 4.79 Å². The van der Waals surface area contributed by atoms with Gasteiger partial charge in [-0.25, -0.2) is 0 Å². The summed E-state index contributed by atoms with van der Waals surface area (Å²) in [7, 11) is 1.56. The zero-order valence-corrected chi connectivity index (χ0v) is 18.6. The summed E-state index contributed by atoms with van der Waals surface area (Å²) in [6.07, 6.45) is -6.03. The summed E-state index contributed by atoms with van der Waals surface area (Å²) in [6, 6.07) is 6.70. The standard InChI is InChI=1S/C21H27F3N6O3/c1-12(21(22,23)24)33-20-28-18(26-10-14-4-6-16(32-3)7-5-14)17(25)19(29-20)30-9-8-15(11-30)27-13(2)31/h4-7,12,15H,8-11,25H2,1-3H3,(H,27,31)(H,26,28,29). The van der Waals surface area contributed by atoms with Crippen LogP contribution in [-0.4, -0.2) is 54.4 Å². The molecule has 2 heterocycles. The van der Waals surface area contributed by atoms with E-state index in [1.54, 1.807) is 24.1 Å². The number of ether oxygens (including phenoxy) is 2. The highest BCUT2D eigenvalue weighted by molar-refractivity contribution is 5.77. The minimum Gasteiger partial charge on any atom is -0.497 e. The van der Waals surface area contributed by atoms with Crippen LogP contribution >= 0.6 is 0 Å². The Morgan fingerprint density at radius 3 is 2.61 bits per heavy atom. The summed E-state index contributed by atoms with van der Waals surface area (Å²) in [4.78, 5) is 21.4. The van der Waals surface area contributed by atoms with Crippen molar-refractivity contribution in [3.63, 3.8) is 0 Å². The number of carbonyl (C=O) groups is 1. The predicted molar refractivity (Wildman–Crippen MR) is 117 cm³/mol. The summed E-state index contributed by atoms with van der Waals surface area (Å²) in [5, 5.41) is 5.88. The molecule has 0 saturated carbocycles. The van der Waals surface area contributed by atoms with Crippen molar-refractivity contribution >= 4 is 23.2 Å². The molecule has 1 fully saturated rings. The third-order valence-electron chi connectivity index (χ3n) is 5.16. The van der Waals surface area contributed by atoms with Crippen molar-refractivity contribution in [3.8, 4) is 11.8 Å². The second-order valence-electron chi connectivity index (χ2n) is 7.73. The molecule has 12 heteroatoms. The Hall–Kier alpha value is -3.44. The van der Waals surface area contributed by atoms with E-state index < -0.39 is 18.3 Å². The molecule has 0 bridgehead atoms. The Morgan fingerprint density at radius 1 is 1.30 bits per heavy atom. The van der Waals surface area contributed by atoms with E-state index >= 15 is 0 Å². The van der Waals surface area contributed by atoms with Gasteiger partial charge < -0.3 is 30.7 Å². The van der Waals surface area contributed by atoms with Crippen LogP contribution in [0.3, 0.4) is 0 Å².